The van der Waals surface area contributed by atoms with Gasteiger partial charge in [-0.15, -0.1) is 0 Å². The van der Waals surface area contributed by atoms with E-state index in [0.717, 1.165) is 5.56 Å². The third-order valence-corrected chi connectivity index (χ3v) is 3.02. The van der Waals surface area contributed by atoms with Gasteiger partial charge in [-0.2, -0.15) is 5.26 Å². The Labute approximate surface area is 113 Å². The Morgan fingerprint density at radius 1 is 1.22 bits per heavy atom. The Morgan fingerprint density at radius 2 is 2.00 bits per heavy atom. The van der Waals surface area contributed by atoms with Crippen LogP contribution in [-0.4, -0.2) is 0 Å². The second kappa shape index (κ2) is 5.19. The Kier molecular flexibility index (Phi) is 3.63. The number of ether oxygens (including phenoxy) is 1. The lowest BCUT2D eigenvalue weighted by molar-refractivity contribution is 0.474. The zero-order valence-corrected chi connectivity index (χ0v) is 11.2. The normalized spacial score (nSPS) is 9.89. The Balaban J connectivity index is 2.34. The predicted octanol–water partition coefficient (Wildman–Crippen LogP) is 4.56. The first-order valence-electron chi connectivity index (χ1n) is 5.24. The second-order valence-electron chi connectivity index (χ2n) is 3.79. The van der Waals surface area contributed by atoms with Crippen molar-refractivity contribution in [3.63, 3.8) is 0 Å². The molecule has 4 heteroatoms. The van der Waals surface area contributed by atoms with Crippen LogP contribution in [-0.2, 0) is 0 Å². The van der Waals surface area contributed by atoms with Crippen molar-refractivity contribution in [3.8, 4) is 17.6 Å². The lowest BCUT2D eigenvalue weighted by atomic mass is 10.1. The van der Waals surface area contributed by atoms with Crippen LogP contribution < -0.4 is 4.74 Å². The van der Waals surface area contributed by atoms with Crippen molar-refractivity contribution in [2.24, 2.45) is 0 Å². The zero-order chi connectivity index (χ0) is 13.1. The molecular weight excluding hydrogens is 297 g/mol. The largest absolute Gasteiger partial charge is 0.456 e. The Hall–Kier alpha value is -1.86. The second-order valence-corrected chi connectivity index (χ2v) is 4.64. The first kappa shape index (κ1) is 12.6. The molecule has 0 N–H and O–H groups in total. The number of nitrogens with zero attached hydrogens (tertiary/aromatic N) is 1. The van der Waals surface area contributed by atoms with E-state index >= 15 is 0 Å². The molecule has 0 saturated carbocycles. The Morgan fingerprint density at radius 3 is 2.67 bits per heavy atom. The van der Waals surface area contributed by atoms with E-state index in [1.165, 1.54) is 6.07 Å². The van der Waals surface area contributed by atoms with E-state index in [-0.39, 0.29) is 0 Å². The molecule has 2 nitrogen and oxygen atoms in total. The quantitative estimate of drug-likeness (QED) is 0.815. The number of rotatable bonds is 2. The van der Waals surface area contributed by atoms with E-state index in [0.29, 0.717) is 21.5 Å². The molecule has 0 unspecified atom stereocenters. The van der Waals surface area contributed by atoms with E-state index in [1.807, 2.05) is 13.0 Å². The molecule has 90 valence electrons. The fourth-order valence-electron chi connectivity index (χ4n) is 1.49. The summed E-state index contributed by atoms with van der Waals surface area (Å²) in [5, 5.41) is 9.01. The van der Waals surface area contributed by atoms with Crippen molar-refractivity contribution < 1.29 is 9.13 Å². The van der Waals surface area contributed by atoms with Crippen LogP contribution in [0.4, 0.5) is 4.39 Å². The first-order chi connectivity index (χ1) is 8.60. The summed E-state index contributed by atoms with van der Waals surface area (Å²) in [5.41, 5.74) is 1.40. The molecule has 18 heavy (non-hydrogen) atoms. The van der Waals surface area contributed by atoms with Crippen molar-refractivity contribution in [1.29, 1.82) is 5.26 Å². The number of nitriles is 1. The summed E-state index contributed by atoms with van der Waals surface area (Å²) in [6.45, 7) is 1.89. The minimum absolute atomic E-state index is 0.357. The Bertz CT molecular complexity index is 634. The van der Waals surface area contributed by atoms with Gasteiger partial charge in [0, 0.05) is 6.07 Å². The minimum Gasteiger partial charge on any atom is -0.456 e. The molecule has 0 spiro atoms. The highest BCUT2D eigenvalue weighted by Crippen LogP contribution is 2.28. The third-order valence-electron chi connectivity index (χ3n) is 2.37. The van der Waals surface area contributed by atoms with Crippen LogP contribution in [0.5, 0.6) is 11.5 Å². The minimum atomic E-state index is -0.405. The molecule has 2 aromatic rings. The van der Waals surface area contributed by atoms with E-state index in [9.17, 15) is 4.39 Å². The fraction of sp³-hybridized carbons (Fsp3) is 0.0714. The van der Waals surface area contributed by atoms with Crippen LogP contribution in [0.3, 0.4) is 0 Å². The molecule has 0 aliphatic heterocycles. The SMILES string of the molecule is Cc1ccc(Oc2ccc(Br)c(F)c2)c(C#N)c1. The molecule has 2 aromatic carbocycles. The summed E-state index contributed by atoms with van der Waals surface area (Å²) >= 11 is 3.07. The van der Waals surface area contributed by atoms with Crippen molar-refractivity contribution in [2.75, 3.05) is 0 Å². The summed E-state index contributed by atoms with van der Waals surface area (Å²) in [6, 6.07) is 11.8. The molecule has 0 aromatic heterocycles. The van der Waals surface area contributed by atoms with Crippen molar-refractivity contribution >= 4 is 15.9 Å². The fourth-order valence-corrected chi connectivity index (χ4v) is 1.73. The van der Waals surface area contributed by atoms with E-state index in [2.05, 4.69) is 22.0 Å². The maximum atomic E-state index is 13.3. The monoisotopic (exact) mass is 305 g/mol. The molecule has 0 amide bonds. The van der Waals surface area contributed by atoms with Gasteiger partial charge in [0.1, 0.15) is 23.4 Å². The highest BCUT2D eigenvalue weighted by Gasteiger charge is 2.07. The topological polar surface area (TPSA) is 33.0 Å². The first-order valence-corrected chi connectivity index (χ1v) is 6.03. The lowest BCUT2D eigenvalue weighted by Gasteiger charge is -2.08. The maximum absolute atomic E-state index is 13.3. The molecule has 0 heterocycles. The summed E-state index contributed by atoms with van der Waals surface area (Å²) < 4.78 is 19.2. The molecule has 0 aliphatic rings. The molecule has 0 fully saturated rings. The number of hydrogen-bond donors (Lipinski definition) is 0. The van der Waals surface area contributed by atoms with Crippen molar-refractivity contribution in [2.45, 2.75) is 6.92 Å². The molecule has 0 radical (unpaired) electrons. The van der Waals surface area contributed by atoms with Gasteiger partial charge in [0.05, 0.1) is 10.0 Å². The summed E-state index contributed by atoms with van der Waals surface area (Å²) in [4.78, 5) is 0. The average Bonchev–Trinajstić information content (AvgIpc) is 2.36. The van der Waals surface area contributed by atoms with Crippen LogP contribution in [0.15, 0.2) is 40.9 Å². The van der Waals surface area contributed by atoms with Crippen molar-refractivity contribution in [1.82, 2.24) is 0 Å². The highest BCUT2D eigenvalue weighted by atomic mass is 79.9. The van der Waals surface area contributed by atoms with Gasteiger partial charge < -0.3 is 4.74 Å². The van der Waals surface area contributed by atoms with E-state index < -0.39 is 5.82 Å². The lowest BCUT2D eigenvalue weighted by Crippen LogP contribution is -1.90. The van der Waals surface area contributed by atoms with Crippen molar-refractivity contribution in [3.05, 3.63) is 57.8 Å². The van der Waals surface area contributed by atoms with Crippen LogP contribution >= 0.6 is 15.9 Å². The number of aryl methyl sites for hydroxylation is 1. The summed E-state index contributed by atoms with van der Waals surface area (Å²) in [6.07, 6.45) is 0. The zero-order valence-electron chi connectivity index (χ0n) is 9.58. The predicted molar refractivity (Wildman–Crippen MR) is 70.1 cm³/mol. The average molecular weight is 306 g/mol. The number of hydrogen-bond acceptors (Lipinski definition) is 2. The number of benzene rings is 2. The molecule has 0 aliphatic carbocycles. The molecule has 2 rings (SSSR count). The van der Waals surface area contributed by atoms with Crippen LogP contribution in [0.1, 0.15) is 11.1 Å². The van der Waals surface area contributed by atoms with Crippen LogP contribution in [0.2, 0.25) is 0 Å². The van der Waals surface area contributed by atoms with Gasteiger partial charge in [0.2, 0.25) is 0 Å². The van der Waals surface area contributed by atoms with Crippen LogP contribution in [0, 0.1) is 24.1 Å². The van der Waals surface area contributed by atoms with Gasteiger partial charge in [-0.1, -0.05) is 6.07 Å². The molecule has 0 bridgehead atoms. The highest BCUT2D eigenvalue weighted by molar-refractivity contribution is 9.10. The van der Waals surface area contributed by atoms with Gasteiger partial charge in [-0.25, -0.2) is 4.39 Å². The standard InChI is InChI=1S/C14H9BrFNO/c1-9-2-5-14(10(6-9)8-17)18-11-3-4-12(15)13(16)7-11/h2-7H,1H3. The smallest absolute Gasteiger partial charge is 0.145 e. The molecular formula is C14H9BrFNO. The number of halogens is 2. The van der Waals surface area contributed by atoms with Crippen LogP contribution in [0.25, 0.3) is 0 Å². The van der Waals surface area contributed by atoms with Gasteiger partial charge in [0.15, 0.2) is 0 Å². The maximum Gasteiger partial charge on any atom is 0.145 e. The summed E-state index contributed by atoms with van der Waals surface area (Å²) in [5.74, 6) is 0.374. The third kappa shape index (κ3) is 2.69. The van der Waals surface area contributed by atoms with E-state index in [4.69, 9.17) is 10.00 Å². The van der Waals surface area contributed by atoms with Gasteiger partial charge in [-0.3, -0.25) is 0 Å². The molecule has 0 atom stereocenters. The van der Waals surface area contributed by atoms with E-state index in [1.54, 1.807) is 24.3 Å². The van der Waals surface area contributed by atoms with Gasteiger partial charge >= 0.3 is 0 Å². The van der Waals surface area contributed by atoms with Gasteiger partial charge in [-0.05, 0) is 52.7 Å². The molecule has 0 saturated heterocycles. The van der Waals surface area contributed by atoms with Gasteiger partial charge in [0.25, 0.3) is 0 Å². The summed E-state index contributed by atoms with van der Waals surface area (Å²) in [7, 11) is 0.